The summed E-state index contributed by atoms with van der Waals surface area (Å²) in [4.78, 5) is 23.1. The SMILES string of the molecule is CC(C#N)n1c(C#CC2(I)CCN(C(=O)OC(C)(C)C)CC2)c(-c2ccc(Oc3ccccc3)cc2)c2c(N)ncnc21. The largest absolute Gasteiger partial charge is 0.457 e. The molecule has 9 nitrogen and oxygen atoms in total. The van der Waals surface area contributed by atoms with E-state index in [9.17, 15) is 10.1 Å². The fourth-order valence-electron chi connectivity index (χ4n) is 4.98. The second kappa shape index (κ2) is 12.1. The van der Waals surface area contributed by atoms with E-state index in [1.165, 1.54) is 6.33 Å². The molecule has 0 aliphatic carbocycles. The standard InChI is InChI=1S/C33H33IN6O3/c1-22(20-35)40-26(14-15-33(34)16-18-39(19-17-33)31(41)43-32(2,3)4)27(28-29(36)37-21-38-30(28)40)23-10-12-25(13-11-23)42-24-8-6-5-7-9-24/h5-13,21-22H,16-19H2,1-4H3,(H2,36,37,38). The number of ether oxygens (including phenoxy) is 2. The van der Waals surface area contributed by atoms with E-state index in [2.05, 4.69) is 50.5 Å². The lowest BCUT2D eigenvalue weighted by molar-refractivity contribution is 0.0212. The Balaban J connectivity index is 1.54. The molecule has 1 amide bonds. The maximum atomic E-state index is 12.6. The first-order chi connectivity index (χ1) is 20.5. The van der Waals surface area contributed by atoms with Crippen LogP contribution in [-0.2, 0) is 4.74 Å². The number of halogens is 1. The van der Waals surface area contributed by atoms with Crippen LogP contribution in [0.25, 0.3) is 22.2 Å². The van der Waals surface area contributed by atoms with Crippen molar-refractivity contribution in [2.45, 2.75) is 55.6 Å². The molecule has 3 heterocycles. The van der Waals surface area contributed by atoms with Gasteiger partial charge in [-0.25, -0.2) is 14.8 Å². The number of hydrogen-bond acceptors (Lipinski definition) is 7. The van der Waals surface area contributed by atoms with Crippen LogP contribution in [0, 0.1) is 23.2 Å². The molecule has 1 atom stereocenters. The van der Waals surface area contributed by atoms with Gasteiger partial charge in [0.05, 0.1) is 14.9 Å². The number of amides is 1. The van der Waals surface area contributed by atoms with Gasteiger partial charge in [-0.05, 0) is 76.3 Å². The zero-order chi connectivity index (χ0) is 30.8. The molecule has 2 aromatic carbocycles. The first kappa shape index (κ1) is 30.2. The van der Waals surface area contributed by atoms with Crippen LogP contribution in [-0.4, -0.2) is 47.6 Å². The number of carbonyl (C=O) groups is 1. The summed E-state index contributed by atoms with van der Waals surface area (Å²) in [6.07, 6.45) is 2.45. The fraction of sp³-hybridized carbons (Fsp3) is 0.333. The molecule has 43 heavy (non-hydrogen) atoms. The molecule has 0 spiro atoms. The molecule has 1 unspecified atom stereocenters. The summed E-state index contributed by atoms with van der Waals surface area (Å²) in [6.45, 7) is 8.48. The number of carbonyl (C=O) groups excluding carboxylic acids is 1. The summed E-state index contributed by atoms with van der Waals surface area (Å²) in [5.74, 6) is 8.65. The number of nitrogens with zero attached hydrogens (tertiary/aromatic N) is 5. The minimum Gasteiger partial charge on any atom is -0.457 e. The summed E-state index contributed by atoms with van der Waals surface area (Å²) in [7, 11) is 0. The van der Waals surface area contributed by atoms with Gasteiger partial charge in [-0.1, -0.05) is 58.8 Å². The molecule has 0 radical (unpaired) electrons. The summed E-state index contributed by atoms with van der Waals surface area (Å²) < 4.78 is 13.0. The smallest absolute Gasteiger partial charge is 0.410 e. The number of piperidine rings is 1. The zero-order valence-corrected chi connectivity index (χ0v) is 26.8. The van der Waals surface area contributed by atoms with E-state index in [-0.39, 0.29) is 9.51 Å². The number of hydrogen-bond donors (Lipinski definition) is 1. The molecule has 220 valence electrons. The number of para-hydroxylation sites is 1. The van der Waals surface area contributed by atoms with Crippen LogP contribution in [0.15, 0.2) is 60.9 Å². The van der Waals surface area contributed by atoms with Crippen LogP contribution >= 0.6 is 22.6 Å². The van der Waals surface area contributed by atoms with Crippen molar-refractivity contribution in [3.63, 3.8) is 0 Å². The number of nitrogens with two attached hydrogens (primary N) is 1. The van der Waals surface area contributed by atoms with Gasteiger partial charge in [-0.2, -0.15) is 5.26 Å². The highest BCUT2D eigenvalue weighted by Crippen LogP contribution is 2.40. The third-order valence-corrected chi connectivity index (χ3v) is 8.47. The molecule has 2 aromatic heterocycles. The Kier molecular flexibility index (Phi) is 8.52. The lowest BCUT2D eigenvalue weighted by Crippen LogP contribution is -2.45. The topological polar surface area (TPSA) is 119 Å². The van der Waals surface area contributed by atoms with Crippen LogP contribution in [0.3, 0.4) is 0 Å². The maximum absolute atomic E-state index is 12.6. The number of rotatable bonds is 4. The van der Waals surface area contributed by atoms with E-state index < -0.39 is 11.6 Å². The van der Waals surface area contributed by atoms with Crippen LogP contribution in [0.2, 0.25) is 0 Å². The van der Waals surface area contributed by atoms with Gasteiger partial charge in [-0.3, -0.25) is 0 Å². The molecule has 0 saturated carbocycles. The van der Waals surface area contributed by atoms with Crippen molar-refractivity contribution in [3.8, 4) is 40.5 Å². The highest BCUT2D eigenvalue weighted by molar-refractivity contribution is 14.1. The normalized spacial score (nSPS) is 15.2. The number of aromatic nitrogens is 3. The maximum Gasteiger partial charge on any atom is 0.410 e. The van der Waals surface area contributed by atoms with Crippen LogP contribution < -0.4 is 10.5 Å². The van der Waals surface area contributed by atoms with Gasteiger partial charge in [0.25, 0.3) is 0 Å². The minimum atomic E-state index is -0.560. The number of nitrogen functional groups attached to an aromatic ring is 1. The fourth-order valence-corrected chi connectivity index (χ4v) is 5.59. The van der Waals surface area contributed by atoms with Crippen molar-refractivity contribution in [3.05, 3.63) is 66.6 Å². The van der Waals surface area contributed by atoms with Crippen molar-refractivity contribution in [2.24, 2.45) is 0 Å². The summed E-state index contributed by atoms with van der Waals surface area (Å²) in [5, 5.41) is 10.6. The Morgan fingerprint density at radius 1 is 1.07 bits per heavy atom. The predicted octanol–water partition coefficient (Wildman–Crippen LogP) is 7.11. The van der Waals surface area contributed by atoms with Gasteiger partial charge in [-0.15, -0.1) is 0 Å². The van der Waals surface area contributed by atoms with Gasteiger partial charge in [0.2, 0.25) is 0 Å². The van der Waals surface area contributed by atoms with Gasteiger partial charge in [0, 0.05) is 18.7 Å². The third-order valence-electron chi connectivity index (χ3n) is 7.12. The number of alkyl halides is 1. The van der Waals surface area contributed by atoms with Crippen molar-refractivity contribution < 1.29 is 14.3 Å². The van der Waals surface area contributed by atoms with Gasteiger partial charge in [0.15, 0.2) is 0 Å². The summed E-state index contributed by atoms with van der Waals surface area (Å²) >= 11 is 2.39. The number of benzene rings is 2. The van der Waals surface area contributed by atoms with Crippen molar-refractivity contribution >= 4 is 45.5 Å². The van der Waals surface area contributed by atoms with Crippen molar-refractivity contribution in [1.29, 1.82) is 5.26 Å². The number of fused-ring (bicyclic) bond motifs is 1. The van der Waals surface area contributed by atoms with Crippen LogP contribution in [0.5, 0.6) is 11.5 Å². The molecular formula is C33H33IN6O3. The second-order valence-corrected chi connectivity index (χ2v) is 13.5. The highest BCUT2D eigenvalue weighted by atomic mass is 127. The molecule has 0 bridgehead atoms. The highest BCUT2D eigenvalue weighted by Gasteiger charge is 2.34. The van der Waals surface area contributed by atoms with Crippen molar-refractivity contribution in [2.75, 3.05) is 18.8 Å². The molecule has 1 fully saturated rings. The van der Waals surface area contributed by atoms with Gasteiger partial charge >= 0.3 is 6.09 Å². The molecule has 1 aliphatic heterocycles. The van der Waals surface area contributed by atoms with Crippen molar-refractivity contribution in [1.82, 2.24) is 19.4 Å². The van der Waals surface area contributed by atoms with E-state index in [4.69, 9.17) is 15.2 Å². The minimum absolute atomic E-state index is 0.307. The molecule has 4 aromatic rings. The summed E-state index contributed by atoms with van der Waals surface area (Å²) in [6, 6.07) is 19.0. The van der Waals surface area contributed by atoms with E-state index in [1.54, 1.807) is 4.90 Å². The Labute approximate surface area is 265 Å². The van der Waals surface area contributed by atoms with Gasteiger partial charge in [0.1, 0.15) is 46.6 Å². The van der Waals surface area contributed by atoms with E-state index >= 15 is 0 Å². The predicted molar refractivity (Wildman–Crippen MR) is 175 cm³/mol. The second-order valence-electron chi connectivity index (χ2n) is 11.5. The zero-order valence-electron chi connectivity index (χ0n) is 24.6. The van der Waals surface area contributed by atoms with Gasteiger partial charge < -0.3 is 24.7 Å². The monoisotopic (exact) mass is 688 g/mol. The molecule has 1 aliphatic rings. The van der Waals surface area contributed by atoms with E-state index in [0.29, 0.717) is 54.2 Å². The molecule has 10 heteroatoms. The molecular weight excluding hydrogens is 655 g/mol. The van der Waals surface area contributed by atoms with E-state index in [1.807, 2.05) is 86.9 Å². The first-order valence-corrected chi connectivity index (χ1v) is 15.1. The Bertz CT molecular complexity index is 1740. The third kappa shape index (κ3) is 6.70. The number of nitriles is 1. The summed E-state index contributed by atoms with van der Waals surface area (Å²) in [5.41, 5.74) is 8.68. The number of anilines is 1. The molecule has 5 rings (SSSR count). The first-order valence-electron chi connectivity index (χ1n) is 14.1. The average molecular weight is 689 g/mol. The van der Waals surface area contributed by atoms with E-state index in [0.717, 1.165) is 16.9 Å². The Morgan fingerprint density at radius 2 is 1.72 bits per heavy atom. The Morgan fingerprint density at radius 3 is 2.35 bits per heavy atom. The quantitative estimate of drug-likeness (QED) is 0.138. The average Bonchev–Trinajstić information content (AvgIpc) is 3.31. The molecule has 1 saturated heterocycles. The number of likely N-dealkylation sites (tertiary alicyclic amines) is 1. The lowest BCUT2D eigenvalue weighted by atomic mass is 9.96. The Hall–Kier alpha value is -4.29. The van der Waals surface area contributed by atoms with Crippen LogP contribution in [0.1, 0.15) is 52.3 Å². The lowest BCUT2D eigenvalue weighted by Gasteiger charge is -2.35. The molecule has 2 N–H and O–H groups in total. The van der Waals surface area contributed by atoms with Crippen LogP contribution in [0.4, 0.5) is 10.6 Å².